The lowest BCUT2D eigenvalue weighted by atomic mass is 9.87. The van der Waals surface area contributed by atoms with E-state index in [1.807, 2.05) is 6.92 Å². The van der Waals surface area contributed by atoms with E-state index in [0.717, 1.165) is 25.2 Å². The number of alkyl halides is 3. The van der Waals surface area contributed by atoms with Crippen LogP contribution < -0.4 is 0 Å². The Hall–Kier alpha value is -3.37. The molecular weight excluding hydrogens is 452 g/mol. The molecule has 0 aliphatic carbocycles. The topological polar surface area (TPSA) is 76.8 Å². The summed E-state index contributed by atoms with van der Waals surface area (Å²) in [6, 6.07) is 2.94. The van der Waals surface area contributed by atoms with Crippen LogP contribution in [-0.2, 0) is 12.6 Å². The highest BCUT2D eigenvalue weighted by Gasteiger charge is 2.35. The Morgan fingerprint density at radius 3 is 2.47 bits per heavy atom. The molecule has 1 aliphatic rings. The maximum absolute atomic E-state index is 15.2. The second-order valence-corrected chi connectivity index (χ2v) is 8.52. The highest BCUT2D eigenvalue weighted by Crippen LogP contribution is 2.31. The van der Waals surface area contributed by atoms with Crippen LogP contribution in [0.5, 0.6) is 0 Å². The van der Waals surface area contributed by atoms with Crippen molar-refractivity contribution in [3.05, 3.63) is 65.3 Å². The van der Waals surface area contributed by atoms with Crippen molar-refractivity contribution >= 4 is 5.91 Å². The van der Waals surface area contributed by atoms with Gasteiger partial charge in [-0.1, -0.05) is 13.0 Å². The van der Waals surface area contributed by atoms with Crippen molar-refractivity contribution in [1.82, 2.24) is 29.9 Å². The molecule has 180 valence electrons. The number of halogens is 4. The number of aromatic nitrogens is 5. The molecule has 0 spiro atoms. The summed E-state index contributed by atoms with van der Waals surface area (Å²) in [5, 5.41) is 8.10. The van der Waals surface area contributed by atoms with E-state index in [0.29, 0.717) is 24.9 Å². The number of carbonyl (C=O) groups excluding carboxylic acids is 1. The number of rotatable bonds is 5. The maximum Gasteiger partial charge on any atom is 0.419 e. The Bertz CT molecular complexity index is 1150. The molecule has 0 unspecified atom stereocenters. The normalized spacial score (nSPS) is 18.8. The van der Waals surface area contributed by atoms with E-state index in [2.05, 4.69) is 20.2 Å². The van der Waals surface area contributed by atoms with Crippen molar-refractivity contribution in [1.29, 1.82) is 0 Å². The summed E-state index contributed by atoms with van der Waals surface area (Å²) in [6.45, 7) is 4.05. The van der Waals surface area contributed by atoms with Crippen molar-refractivity contribution in [2.45, 2.75) is 51.7 Å². The average molecular weight is 476 g/mol. The Balaban J connectivity index is 1.59. The molecule has 11 heteroatoms. The molecule has 2 atom stereocenters. The van der Waals surface area contributed by atoms with Gasteiger partial charge in [0.1, 0.15) is 22.9 Å². The number of hydrogen-bond acceptors (Lipinski definition) is 5. The number of piperidine rings is 1. The fourth-order valence-electron chi connectivity index (χ4n) is 4.37. The zero-order valence-corrected chi connectivity index (χ0v) is 18.8. The van der Waals surface area contributed by atoms with Crippen LogP contribution in [0, 0.1) is 18.7 Å². The van der Waals surface area contributed by atoms with E-state index < -0.39 is 23.5 Å². The molecular formula is C23H24F4N6O. The summed E-state index contributed by atoms with van der Waals surface area (Å²) in [4.78, 5) is 24.2. The quantitative estimate of drug-likeness (QED) is 0.511. The fourth-order valence-corrected chi connectivity index (χ4v) is 4.37. The largest absolute Gasteiger partial charge is 0.419 e. The predicted octanol–water partition coefficient (Wildman–Crippen LogP) is 4.40. The Labute approximate surface area is 193 Å². The lowest BCUT2D eigenvalue weighted by Gasteiger charge is -2.40. The Morgan fingerprint density at radius 2 is 1.82 bits per heavy atom. The number of hydrogen-bond donors (Lipinski definition) is 0. The summed E-state index contributed by atoms with van der Waals surface area (Å²) in [5.41, 5.74) is -0.421. The molecule has 1 fully saturated rings. The van der Waals surface area contributed by atoms with Gasteiger partial charge in [0.25, 0.3) is 5.91 Å². The number of nitrogens with zero attached hydrogens (tertiary/aromatic N) is 6. The van der Waals surface area contributed by atoms with Gasteiger partial charge in [0.15, 0.2) is 0 Å². The molecule has 1 saturated heterocycles. The van der Waals surface area contributed by atoms with Crippen LogP contribution in [0.2, 0.25) is 0 Å². The maximum atomic E-state index is 15.2. The molecule has 0 N–H and O–H groups in total. The van der Waals surface area contributed by atoms with E-state index in [9.17, 15) is 18.0 Å². The molecule has 3 heterocycles. The van der Waals surface area contributed by atoms with Gasteiger partial charge in [-0.15, -0.1) is 0 Å². The molecule has 1 aliphatic heterocycles. The van der Waals surface area contributed by atoms with Crippen LogP contribution in [0.4, 0.5) is 17.6 Å². The molecule has 1 aromatic carbocycles. The first-order chi connectivity index (χ1) is 16.2. The zero-order chi connectivity index (χ0) is 24.5. The minimum absolute atomic E-state index is 0.0962. The van der Waals surface area contributed by atoms with Crippen LogP contribution in [0.1, 0.15) is 53.5 Å². The van der Waals surface area contributed by atoms with Crippen molar-refractivity contribution in [3.8, 4) is 5.69 Å². The summed E-state index contributed by atoms with van der Waals surface area (Å²) in [6.07, 6.45) is 2.31. The third-order valence-corrected chi connectivity index (χ3v) is 6.23. The van der Waals surface area contributed by atoms with Gasteiger partial charge >= 0.3 is 6.18 Å². The first-order valence-corrected chi connectivity index (χ1v) is 11.0. The van der Waals surface area contributed by atoms with Gasteiger partial charge in [-0.05, 0) is 43.7 Å². The SMILES string of the molecule is Cc1ccc(-n2nccn2)c(C(=O)N2CCC[C@@H](C)[C@H]2CCc2ncc(C(F)(F)F)cn2)c1F. The molecule has 3 aromatic rings. The van der Waals surface area contributed by atoms with E-state index in [1.54, 1.807) is 24.0 Å². The van der Waals surface area contributed by atoms with E-state index >= 15 is 4.39 Å². The van der Waals surface area contributed by atoms with Gasteiger partial charge in [0, 0.05) is 31.4 Å². The van der Waals surface area contributed by atoms with Crippen molar-refractivity contribution in [3.63, 3.8) is 0 Å². The molecule has 1 amide bonds. The van der Waals surface area contributed by atoms with Crippen molar-refractivity contribution < 1.29 is 22.4 Å². The smallest absolute Gasteiger partial charge is 0.335 e. The molecule has 0 bridgehead atoms. The highest BCUT2D eigenvalue weighted by atomic mass is 19.4. The number of likely N-dealkylation sites (tertiary alicyclic amines) is 1. The third kappa shape index (κ3) is 4.78. The van der Waals surface area contributed by atoms with Crippen LogP contribution in [0.25, 0.3) is 5.69 Å². The lowest BCUT2D eigenvalue weighted by Crippen LogP contribution is -2.48. The van der Waals surface area contributed by atoms with Crippen LogP contribution in [0.15, 0.2) is 36.9 Å². The monoisotopic (exact) mass is 476 g/mol. The number of amides is 1. The summed E-state index contributed by atoms with van der Waals surface area (Å²) in [7, 11) is 0. The average Bonchev–Trinajstić information content (AvgIpc) is 3.34. The fraction of sp³-hybridized carbons (Fsp3) is 0.435. The van der Waals surface area contributed by atoms with E-state index in [-0.39, 0.29) is 29.0 Å². The van der Waals surface area contributed by atoms with Crippen molar-refractivity contribution in [2.24, 2.45) is 5.92 Å². The Morgan fingerprint density at radius 1 is 1.15 bits per heavy atom. The van der Waals surface area contributed by atoms with Crippen molar-refractivity contribution in [2.75, 3.05) is 6.54 Å². The molecule has 34 heavy (non-hydrogen) atoms. The van der Waals surface area contributed by atoms with Gasteiger partial charge in [-0.25, -0.2) is 14.4 Å². The summed E-state index contributed by atoms with van der Waals surface area (Å²) < 4.78 is 53.6. The van der Waals surface area contributed by atoms with Gasteiger partial charge in [0.05, 0.1) is 18.0 Å². The van der Waals surface area contributed by atoms with Gasteiger partial charge in [-0.2, -0.15) is 28.2 Å². The predicted molar refractivity (Wildman–Crippen MR) is 115 cm³/mol. The summed E-state index contributed by atoms with van der Waals surface area (Å²) in [5.74, 6) is -0.700. The molecule has 2 aromatic heterocycles. The van der Waals surface area contributed by atoms with Gasteiger partial charge < -0.3 is 4.90 Å². The minimum atomic E-state index is -4.50. The van der Waals surface area contributed by atoms with Gasteiger partial charge in [0.2, 0.25) is 0 Å². The van der Waals surface area contributed by atoms with Crippen LogP contribution in [-0.4, -0.2) is 48.4 Å². The lowest BCUT2D eigenvalue weighted by molar-refractivity contribution is -0.138. The Kier molecular flexibility index (Phi) is 6.63. The zero-order valence-electron chi connectivity index (χ0n) is 18.8. The van der Waals surface area contributed by atoms with Crippen LogP contribution in [0.3, 0.4) is 0 Å². The number of benzene rings is 1. The van der Waals surface area contributed by atoms with E-state index in [1.165, 1.54) is 17.2 Å². The first kappa shape index (κ1) is 23.8. The number of aryl methyl sites for hydroxylation is 2. The standard InChI is InChI=1S/C23H24F4N6O/c1-14-4-3-11-32(17(14)7-8-19-28-12-16(13-29-19)23(25,26)27)22(34)20-18(33-30-9-10-31-33)6-5-15(2)21(20)24/h5-6,9-10,12-14,17H,3-4,7-8,11H2,1-2H3/t14-,17-/m1/s1. The second-order valence-electron chi connectivity index (χ2n) is 8.52. The van der Waals surface area contributed by atoms with Crippen LogP contribution >= 0.6 is 0 Å². The molecule has 4 rings (SSSR count). The molecule has 0 radical (unpaired) electrons. The highest BCUT2D eigenvalue weighted by molar-refractivity contribution is 5.98. The first-order valence-electron chi connectivity index (χ1n) is 11.0. The number of carbonyl (C=O) groups is 1. The summed E-state index contributed by atoms with van der Waals surface area (Å²) >= 11 is 0. The van der Waals surface area contributed by atoms with Gasteiger partial charge in [-0.3, -0.25) is 4.79 Å². The molecule has 0 saturated carbocycles. The second kappa shape index (κ2) is 9.47. The molecule has 7 nitrogen and oxygen atoms in total. The minimum Gasteiger partial charge on any atom is -0.335 e. The third-order valence-electron chi connectivity index (χ3n) is 6.23. The van der Waals surface area contributed by atoms with E-state index in [4.69, 9.17) is 0 Å².